The smallest absolute Gasteiger partial charge is 0.326 e. The van der Waals surface area contributed by atoms with E-state index in [1.807, 2.05) is 0 Å². The van der Waals surface area contributed by atoms with Crippen LogP contribution in [0.1, 0.15) is 35.7 Å². The van der Waals surface area contributed by atoms with Crippen LogP contribution < -0.4 is 4.74 Å². The Kier molecular flexibility index (Phi) is 4.80. The van der Waals surface area contributed by atoms with Gasteiger partial charge in [0, 0.05) is 17.7 Å². The predicted octanol–water partition coefficient (Wildman–Crippen LogP) is 1.52. The van der Waals surface area contributed by atoms with Gasteiger partial charge in [0.2, 0.25) is 5.91 Å². The molecule has 0 spiro atoms. The first-order chi connectivity index (χ1) is 10.4. The molecule has 0 aliphatic carbocycles. The van der Waals surface area contributed by atoms with Crippen molar-refractivity contribution < 1.29 is 24.2 Å². The zero-order chi connectivity index (χ0) is 16.3. The number of Topliss-reactive ketones (excluding diaryl/α,β-unsaturated/α-hetero) is 1. The van der Waals surface area contributed by atoms with Crippen LogP contribution in [0.25, 0.3) is 0 Å². The fourth-order valence-electron chi connectivity index (χ4n) is 2.72. The molecule has 1 aromatic rings. The molecule has 1 amide bonds. The van der Waals surface area contributed by atoms with Gasteiger partial charge in [-0.2, -0.15) is 0 Å². The first kappa shape index (κ1) is 16.0. The quantitative estimate of drug-likeness (QED) is 0.834. The lowest BCUT2D eigenvalue weighted by Crippen LogP contribution is -2.41. The highest BCUT2D eigenvalue weighted by molar-refractivity contribution is 5.95. The largest absolute Gasteiger partial charge is 0.496 e. The fraction of sp³-hybridized carbons (Fsp3) is 0.438. The molecular weight excluding hydrogens is 286 g/mol. The monoisotopic (exact) mass is 305 g/mol. The molecule has 0 saturated carbocycles. The van der Waals surface area contributed by atoms with Crippen LogP contribution in [0.5, 0.6) is 5.75 Å². The zero-order valence-electron chi connectivity index (χ0n) is 12.7. The van der Waals surface area contributed by atoms with Gasteiger partial charge in [0.25, 0.3) is 0 Å². The number of benzene rings is 1. The number of likely N-dealkylation sites (tertiary alicyclic amines) is 1. The van der Waals surface area contributed by atoms with Gasteiger partial charge in [-0.3, -0.25) is 9.59 Å². The SMILES string of the molecule is COc1ccc(C(C)=O)cc1CC(=O)N1CCC[C@@H]1C(=O)O. The van der Waals surface area contributed by atoms with E-state index in [1.165, 1.54) is 18.9 Å². The summed E-state index contributed by atoms with van der Waals surface area (Å²) in [5, 5.41) is 9.15. The number of ketones is 1. The number of nitrogens with zero attached hydrogens (tertiary/aromatic N) is 1. The highest BCUT2D eigenvalue weighted by atomic mass is 16.5. The van der Waals surface area contributed by atoms with Gasteiger partial charge in [0.15, 0.2) is 5.78 Å². The van der Waals surface area contributed by atoms with E-state index in [9.17, 15) is 14.4 Å². The number of methoxy groups -OCH3 is 1. The van der Waals surface area contributed by atoms with Crippen molar-refractivity contribution in [2.24, 2.45) is 0 Å². The molecule has 1 aliphatic heterocycles. The summed E-state index contributed by atoms with van der Waals surface area (Å²) < 4.78 is 5.22. The van der Waals surface area contributed by atoms with Crippen LogP contribution >= 0.6 is 0 Å². The number of hydrogen-bond donors (Lipinski definition) is 1. The molecule has 1 heterocycles. The van der Waals surface area contributed by atoms with Gasteiger partial charge < -0.3 is 14.7 Å². The standard InChI is InChI=1S/C16H19NO5/c1-10(18)11-5-6-14(22-2)12(8-11)9-15(19)17-7-3-4-13(17)16(20)21/h5-6,8,13H,3-4,7,9H2,1-2H3,(H,20,21)/t13-/m1/s1. The molecule has 0 bridgehead atoms. The van der Waals surface area contributed by atoms with Crippen LogP contribution in [-0.2, 0) is 16.0 Å². The Morgan fingerprint density at radius 1 is 1.36 bits per heavy atom. The van der Waals surface area contributed by atoms with E-state index in [1.54, 1.807) is 18.2 Å². The van der Waals surface area contributed by atoms with E-state index >= 15 is 0 Å². The molecule has 1 N–H and O–H groups in total. The Balaban J connectivity index is 2.22. The highest BCUT2D eigenvalue weighted by Gasteiger charge is 2.34. The molecule has 6 heteroatoms. The van der Waals surface area contributed by atoms with Gasteiger partial charge in [0.05, 0.1) is 13.5 Å². The third-order valence-electron chi connectivity index (χ3n) is 3.89. The predicted molar refractivity (Wildman–Crippen MR) is 79.1 cm³/mol. The summed E-state index contributed by atoms with van der Waals surface area (Å²) in [7, 11) is 1.49. The van der Waals surface area contributed by atoms with E-state index in [4.69, 9.17) is 9.84 Å². The lowest BCUT2D eigenvalue weighted by Gasteiger charge is -2.22. The van der Waals surface area contributed by atoms with Crippen molar-refractivity contribution in [2.45, 2.75) is 32.2 Å². The maximum Gasteiger partial charge on any atom is 0.326 e. The molecule has 0 aromatic heterocycles. The summed E-state index contributed by atoms with van der Waals surface area (Å²) in [6.45, 7) is 1.90. The van der Waals surface area contributed by atoms with Crippen molar-refractivity contribution >= 4 is 17.7 Å². The van der Waals surface area contributed by atoms with Crippen LogP contribution in [0.4, 0.5) is 0 Å². The number of carboxylic acids is 1. The normalized spacial score (nSPS) is 17.4. The minimum Gasteiger partial charge on any atom is -0.496 e. The van der Waals surface area contributed by atoms with Crippen molar-refractivity contribution in [1.82, 2.24) is 4.90 Å². The Morgan fingerprint density at radius 2 is 2.09 bits per heavy atom. The Labute approximate surface area is 128 Å². The molecule has 6 nitrogen and oxygen atoms in total. The van der Waals surface area contributed by atoms with Gasteiger partial charge in [0.1, 0.15) is 11.8 Å². The third-order valence-corrected chi connectivity index (χ3v) is 3.89. The molecule has 2 rings (SSSR count). The molecule has 0 radical (unpaired) electrons. The minimum atomic E-state index is -0.977. The molecule has 0 unspecified atom stereocenters. The van der Waals surface area contributed by atoms with Crippen molar-refractivity contribution in [2.75, 3.05) is 13.7 Å². The third kappa shape index (κ3) is 3.27. The molecule has 1 aromatic carbocycles. The maximum atomic E-state index is 12.4. The average molecular weight is 305 g/mol. The zero-order valence-corrected chi connectivity index (χ0v) is 12.7. The number of aliphatic carboxylic acids is 1. The molecule has 22 heavy (non-hydrogen) atoms. The van der Waals surface area contributed by atoms with Gasteiger partial charge >= 0.3 is 5.97 Å². The van der Waals surface area contributed by atoms with Gasteiger partial charge in [-0.25, -0.2) is 4.79 Å². The number of ether oxygens (including phenoxy) is 1. The average Bonchev–Trinajstić information content (AvgIpc) is 2.96. The van der Waals surface area contributed by atoms with Crippen LogP contribution in [-0.4, -0.2) is 47.4 Å². The Hall–Kier alpha value is -2.37. The molecule has 1 atom stereocenters. The Morgan fingerprint density at radius 3 is 2.68 bits per heavy atom. The fourth-order valence-corrected chi connectivity index (χ4v) is 2.72. The first-order valence-electron chi connectivity index (χ1n) is 7.14. The molecular formula is C16H19NO5. The van der Waals surface area contributed by atoms with Crippen LogP contribution in [0.15, 0.2) is 18.2 Å². The summed E-state index contributed by atoms with van der Waals surface area (Å²) in [6.07, 6.45) is 1.19. The summed E-state index contributed by atoms with van der Waals surface area (Å²) in [4.78, 5) is 36.4. The molecule has 1 saturated heterocycles. The molecule has 118 valence electrons. The first-order valence-corrected chi connectivity index (χ1v) is 7.14. The molecule has 1 aliphatic rings. The number of carboxylic acid groups (broad SMARTS) is 1. The van der Waals surface area contributed by atoms with Crippen molar-refractivity contribution in [3.8, 4) is 5.75 Å². The lowest BCUT2D eigenvalue weighted by molar-refractivity contribution is -0.148. The van der Waals surface area contributed by atoms with Crippen molar-refractivity contribution in [3.63, 3.8) is 0 Å². The van der Waals surface area contributed by atoms with Crippen molar-refractivity contribution in [1.29, 1.82) is 0 Å². The van der Waals surface area contributed by atoms with E-state index in [2.05, 4.69) is 0 Å². The number of carbonyl (C=O) groups is 3. The summed E-state index contributed by atoms with van der Waals surface area (Å²) in [5.41, 5.74) is 1.09. The Bertz CT molecular complexity index is 611. The number of carbonyl (C=O) groups excluding carboxylic acids is 2. The number of amides is 1. The van der Waals surface area contributed by atoms with Crippen LogP contribution in [0.3, 0.4) is 0 Å². The maximum absolute atomic E-state index is 12.4. The number of rotatable bonds is 5. The minimum absolute atomic E-state index is 0.0219. The van der Waals surface area contributed by atoms with Gasteiger partial charge in [-0.15, -0.1) is 0 Å². The second-order valence-corrected chi connectivity index (χ2v) is 5.34. The van der Waals surface area contributed by atoms with E-state index in [-0.39, 0.29) is 18.1 Å². The van der Waals surface area contributed by atoms with E-state index < -0.39 is 12.0 Å². The van der Waals surface area contributed by atoms with Gasteiger partial charge in [-0.1, -0.05) is 0 Å². The lowest BCUT2D eigenvalue weighted by atomic mass is 10.0. The second kappa shape index (κ2) is 6.60. The van der Waals surface area contributed by atoms with E-state index in [0.29, 0.717) is 36.3 Å². The van der Waals surface area contributed by atoms with Crippen molar-refractivity contribution in [3.05, 3.63) is 29.3 Å². The van der Waals surface area contributed by atoms with Crippen LogP contribution in [0, 0.1) is 0 Å². The summed E-state index contributed by atoms with van der Waals surface area (Å²) in [5.74, 6) is -0.815. The number of hydrogen-bond acceptors (Lipinski definition) is 4. The second-order valence-electron chi connectivity index (χ2n) is 5.34. The highest BCUT2D eigenvalue weighted by Crippen LogP contribution is 2.24. The molecule has 1 fully saturated rings. The van der Waals surface area contributed by atoms with E-state index in [0.717, 1.165) is 0 Å². The van der Waals surface area contributed by atoms with Gasteiger partial charge in [-0.05, 0) is 38.0 Å². The van der Waals surface area contributed by atoms with Crippen LogP contribution in [0.2, 0.25) is 0 Å². The topological polar surface area (TPSA) is 83.9 Å². The summed E-state index contributed by atoms with van der Waals surface area (Å²) in [6, 6.07) is 4.17. The summed E-state index contributed by atoms with van der Waals surface area (Å²) >= 11 is 0.